The molecule has 8 rings (SSSR count). The molecule has 12 nitrogen and oxygen atoms in total. The lowest BCUT2D eigenvalue weighted by atomic mass is 9.72. The van der Waals surface area contributed by atoms with Crippen LogP contribution in [0.3, 0.4) is 0 Å². The lowest BCUT2D eigenvalue weighted by molar-refractivity contribution is 0.00127. The molecule has 0 unspecified atom stereocenters. The zero-order chi connectivity index (χ0) is 42.9. The second-order valence-electron chi connectivity index (χ2n) is 17.7. The third-order valence-corrected chi connectivity index (χ3v) is 14.2. The van der Waals surface area contributed by atoms with E-state index in [-0.39, 0.29) is 38.4 Å². The Balaban J connectivity index is 0.981. The van der Waals surface area contributed by atoms with E-state index in [2.05, 4.69) is 55.5 Å². The molecule has 5 aromatic rings. The SMILES string of the molecule is CC1(C)CCC(CN2CCN(c3ccc(C(=O)NS(=O)(=O)c4cnc(OCC5CCC(C)(O)CC5)c(Cl)c4)c(Oc4cccc5[nH]cnc45)c3)CC2)=C(c2ccc(Cl)cc2)C1. The molecular formula is C46H52Cl2N6O6S. The largest absolute Gasteiger partial charge is 0.476 e. The molecule has 0 radical (unpaired) electrons. The Labute approximate surface area is 367 Å². The van der Waals surface area contributed by atoms with Gasteiger partial charge in [-0.25, -0.2) is 23.1 Å². The van der Waals surface area contributed by atoms with Crippen molar-refractivity contribution in [3.8, 4) is 17.4 Å². The summed E-state index contributed by atoms with van der Waals surface area (Å²) in [5.74, 6) is 0.0191. The van der Waals surface area contributed by atoms with Crippen LogP contribution in [0.4, 0.5) is 5.69 Å². The summed E-state index contributed by atoms with van der Waals surface area (Å²) >= 11 is 12.7. The van der Waals surface area contributed by atoms with Crippen molar-refractivity contribution < 1.29 is 27.8 Å². The number of amides is 1. The predicted molar refractivity (Wildman–Crippen MR) is 239 cm³/mol. The van der Waals surface area contributed by atoms with Crippen LogP contribution < -0.4 is 19.1 Å². The number of pyridine rings is 1. The topological polar surface area (TPSA) is 150 Å². The zero-order valence-corrected chi connectivity index (χ0v) is 37.0. The van der Waals surface area contributed by atoms with E-state index >= 15 is 0 Å². The Hall–Kier alpha value is -4.66. The van der Waals surface area contributed by atoms with Crippen LogP contribution in [0.15, 0.2) is 89.7 Å². The lowest BCUT2D eigenvalue weighted by Crippen LogP contribution is -2.47. The first-order valence-corrected chi connectivity index (χ1v) is 23.1. The second kappa shape index (κ2) is 17.6. The number of hydrogen-bond acceptors (Lipinski definition) is 10. The van der Waals surface area contributed by atoms with E-state index in [1.807, 2.05) is 37.3 Å². The van der Waals surface area contributed by atoms with Gasteiger partial charge in [-0.05, 0) is 117 Å². The molecule has 61 heavy (non-hydrogen) atoms. The summed E-state index contributed by atoms with van der Waals surface area (Å²) in [6, 6.07) is 20.1. The highest BCUT2D eigenvalue weighted by molar-refractivity contribution is 7.90. The number of nitrogens with zero attached hydrogens (tertiary/aromatic N) is 4. The Bertz CT molecular complexity index is 2540. The van der Waals surface area contributed by atoms with Gasteiger partial charge in [-0.1, -0.05) is 60.8 Å². The van der Waals surface area contributed by atoms with Gasteiger partial charge in [0.1, 0.15) is 21.2 Å². The van der Waals surface area contributed by atoms with E-state index in [4.69, 9.17) is 32.7 Å². The molecule has 15 heteroatoms. The summed E-state index contributed by atoms with van der Waals surface area (Å²) in [6.07, 6.45) is 8.86. The van der Waals surface area contributed by atoms with Crippen molar-refractivity contribution in [3.05, 3.63) is 106 Å². The number of ether oxygens (including phenoxy) is 2. The number of imidazole rings is 1. The summed E-state index contributed by atoms with van der Waals surface area (Å²) in [4.78, 5) is 30.1. The first-order valence-electron chi connectivity index (χ1n) is 20.9. The van der Waals surface area contributed by atoms with Crippen LogP contribution in [0.5, 0.6) is 17.4 Å². The summed E-state index contributed by atoms with van der Waals surface area (Å²) in [5, 5.41) is 11.0. The Morgan fingerprint density at radius 2 is 1.70 bits per heavy atom. The van der Waals surface area contributed by atoms with Crippen molar-refractivity contribution in [1.29, 1.82) is 0 Å². The molecule has 2 aliphatic carbocycles. The van der Waals surface area contributed by atoms with Gasteiger partial charge in [0.05, 0.1) is 35.8 Å². The fraction of sp³-hybridized carbons (Fsp3) is 0.413. The zero-order valence-electron chi connectivity index (χ0n) is 34.7. The number of fused-ring (bicyclic) bond motifs is 1. The van der Waals surface area contributed by atoms with Crippen LogP contribution in [0.25, 0.3) is 16.6 Å². The number of halogens is 2. The maximum absolute atomic E-state index is 13.9. The highest BCUT2D eigenvalue weighted by atomic mass is 35.5. The van der Waals surface area contributed by atoms with Crippen molar-refractivity contribution in [2.75, 3.05) is 44.2 Å². The van der Waals surface area contributed by atoms with E-state index < -0.39 is 21.5 Å². The van der Waals surface area contributed by atoms with Crippen LogP contribution in [0.1, 0.15) is 81.6 Å². The molecule has 3 heterocycles. The molecule has 2 aromatic heterocycles. The van der Waals surface area contributed by atoms with E-state index in [9.17, 15) is 18.3 Å². The molecule has 3 aromatic carbocycles. The third-order valence-electron chi connectivity index (χ3n) is 12.3. The number of aliphatic hydroxyl groups is 1. The van der Waals surface area contributed by atoms with Gasteiger partial charge in [0.2, 0.25) is 5.88 Å². The number of aromatic nitrogens is 3. The van der Waals surface area contributed by atoms with Crippen molar-refractivity contribution in [3.63, 3.8) is 0 Å². The molecule has 322 valence electrons. The molecule has 1 aliphatic heterocycles. The third kappa shape index (κ3) is 10.2. The summed E-state index contributed by atoms with van der Waals surface area (Å²) in [6.45, 7) is 10.9. The minimum Gasteiger partial charge on any atom is -0.476 e. The van der Waals surface area contributed by atoms with Crippen LogP contribution in [-0.4, -0.2) is 84.2 Å². The number of sulfonamides is 1. The molecule has 0 spiro atoms. The molecule has 1 saturated heterocycles. The maximum atomic E-state index is 13.9. The fourth-order valence-electron chi connectivity index (χ4n) is 8.58. The Morgan fingerprint density at radius 3 is 2.44 bits per heavy atom. The molecule has 1 saturated carbocycles. The number of para-hydroxylation sites is 1. The van der Waals surface area contributed by atoms with E-state index in [1.54, 1.807) is 24.5 Å². The summed E-state index contributed by atoms with van der Waals surface area (Å²) in [5.41, 5.74) is 5.90. The minimum atomic E-state index is -4.42. The van der Waals surface area contributed by atoms with Gasteiger partial charge in [-0.3, -0.25) is 9.69 Å². The van der Waals surface area contributed by atoms with Crippen molar-refractivity contribution in [2.24, 2.45) is 11.3 Å². The van der Waals surface area contributed by atoms with Crippen LogP contribution in [0.2, 0.25) is 10.0 Å². The maximum Gasteiger partial charge on any atom is 0.268 e. The summed E-state index contributed by atoms with van der Waals surface area (Å²) in [7, 11) is -4.42. The van der Waals surface area contributed by atoms with E-state index in [0.29, 0.717) is 30.7 Å². The highest BCUT2D eigenvalue weighted by Gasteiger charge is 2.31. The fourth-order valence-corrected chi connectivity index (χ4v) is 9.92. The number of nitrogens with one attached hydrogen (secondary N) is 2. The monoisotopic (exact) mass is 886 g/mol. The van der Waals surface area contributed by atoms with Gasteiger partial charge in [0, 0.05) is 49.5 Å². The standard InChI is InChI=1S/C46H52Cl2N6O6S/c1-45(2)16-15-32(37(25-45)31-7-9-33(47)10-8-31)27-53-19-21-54(22-20-53)34-11-12-36(41(23-34)60-40-6-4-5-39-42(40)51-29-50-39)43(55)52-61(57,58)35-24-38(48)44(49-26-35)59-28-30-13-17-46(3,56)18-14-30/h4-12,23-24,26,29-30,56H,13-22,25,27-28H2,1-3H3,(H,50,51)(H,52,55). The highest BCUT2D eigenvalue weighted by Crippen LogP contribution is 2.44. The lowest BCUT2D eigenvalue weighted by Gasteiger charge is -2.39. The van der Waals surface area contributed by atoms with Crippen molar-refractivity contribution in [2.45, 2.75) is 76.2 Å². The van der Waals surface area contributed by atoms with E-state index in [0.717, 1.165) is 87.3 Å². The predicted octanol–water partition coefficient (Wildman–Crippen LogP) is 9.28. The summed E-state index contributed by atoms with van der Waals surface area (Å²) < 4.78 is 41.7. The van der Waals surface area contributed by atoms with Crippen molar-refractivity contribution in [1.82, 2.24) is 24.6 Å². The number of benzene rings is 3. The van der Waals surface area contributed by atoms with Crippen LogP contribution in [-0.2, 0) is 10.0 Å². The number of H-pyrrole nitrogens is 1. The first-order chi connectivity index (χ1) is 29.1. The number of carbonyl (C=O) groups is 1. The first kappa shape index (κ1) is 43.0. The van der Waals surface area contributed by atoms with Gasteiger partial charge in [0.25, 0.3) is 15.9 Å². The number of allylic oxidation sites excluding steroid dienone is 1. The molecule has 0 atom stereocenters. The number of piperazine rings is 1. The quantitative estimate of drug-likeness (QED) is 0.111. The molecule has 3 aliphatic rings. The van der Waals surface area contributed by atoms with Crippen molar-refractivity contribution >= 4 is 61.4 Å². The average molecular weight is 888 g/mol. The number of carbonyl (C=O) groups excluding carboxylic acids is 1. The second-order valence-corrected chi connectivity index (χ2v) is 20.2. The molecule has 2 fully saturated rings. The molecular weight excluding hydrogens is 836 g/mol. The van der Waals surface area contributed by atoms with Gasteiger partial charge >= 0.3 is 0 Å². The number of anilines is 1. The number of hydrogen-bond donors (Lipinski definition) is 3. The Kier molecular flexibility index (Phi) is 12.4. The van der Waals surface area contributed by atoms with E-state index in [1.165, 1.54) is 22.8 Å². The van der Waals surface area contributed by atoms with Gasteiger partial charge < -0.3 is 24.5 Å². The van der Waals surface area contributed by atoms with Gasteiger partial charge in [-0.15, -0.1) is 0 Å². The minimum absolute atomic E-state index is 0.000102. The van der Waals surface area contributed by atoms with Gasteiger partial charge in [0.15, 0.2) is 5.75 Å². The normalized spacial score (nSPS) is 21.1. The molecule has 0 bridgehead atoms. The number of aromatic amines is 1. The smallest absolute Gasteiger partial charge is 0.268 e. The van der Waals surface area contributed by atoms with Crippen LogP contribution >= 0.6 is 23.2 Å². The molecule has 1 amide bonds. The number of rotatable bonds is 12. The van der Waals surface area contributed by atoms with Gasteiger partial charge in [-0.2, -0.15) is 0 Å². The molecule has 3 N–H and O–H groups in total. The Morgan fingerprint density at radius 1 is 0.951 bits per heavy atom. The van der Waals surface area contributed by atoms with Crippen LogP contribution in [0, 0.1) is 11.3 Å². The average Bonchev–Trinajstić information content (AvgIpc) is 3.72.